The van der Waals surface area contributed by atoms with Gasteiger partial charge in [-0.3, -0.25) is 0 Å². The van der Waals surface area contributed by atoms with Gasteiger partial charge in [0.2, 0.25) is 0 Å². The van der Waals surface area contributed by atoms with Gasteiger partial charge < -0.3 is 5.32 Å². The maximum atomic E-state index is 12.6. The highest BCUT2D eigenvalue weighted by molar-refractivity contribution is 7.99. The second-order valence-corrected chi connectivity index (χ2v) is 4.32. The highest BCUT2D eigenvalue weighted by atomic mass is 35.5. The SMILES string of the molecule is Cl.Fc1ccc(C2NCCCS2)cc1. The van der Waals surface area contributed by atoms with Crippen molar-refractivity contribution in [3.05, 3.63) is 35.6 Å². The molecule has 78 valence electrons. The first-order valence-electron chi connectivity index (χ1n) is 4.47. The number of hydrogen-bond donors (Lipinski definition) is 1. The molecule has 1 heterocycles. The summed E-state index contributed by atoms with van der Waals surface area (Å²) in [4.78, 5) is 0. The van der Waals surface area contributed by atoms with Crippen LogP contribution in [0.5, 0.6) is 0 Å². The molecule has 1 fully saturated rings. The average Bonchev–Trinajstić information content (AvgIpc) is 2.20. The normalized spacial score (nSPS) is 21.4. The molecule has 1 nitrogen and oxygen atoms in total. The fourth-order valence-electron chi connectivity index (χ4n) is 1.42. The molecule has 0 spiro atoms. The van der Waals surface area contributed by atoms with Crippen LogP contribution in [-0.2, 0) is 0 Å². The summed E-state index contributed by atoms with van der Waals surface area (Å²) >= 11 is 1.89. The van der Waals surface area contributed by atoms with Crippen LogP contribution in [0.1, 0.15) is 17.4 Å². The lowest BCUT2D eigenvalue weighted by molar-refractivity contribution is 0.620. The van der Waals surface area contributed by atoms with Gasteiger partial charge in [-0.25, -0.2) is 4.39 Å². The maximum absolute atomic E-state index is 12.6. The van der Waals surface area contributed by atoms with Gasteiger partial charge in [0.15, 0.2) is 0 Å². The van der Waals surface area contributed by atoms with Crippen molar-refractivity contribution in [2.24, 2.45) is 0 Å². The summed E-state index contributed by atoms with van der Waals surface area (Å²) in [6.45, 7) is 1.06. The third kappa shape index (κ3) is 2.87. The molecule has 1 aliphatic rings. The molecule has 0 aromatic heterocycles. The van der Waals surface area contributed by atoms with E-state index in [1.807, 2.05) is 23.9 Å². The highest BCUT2D eigenvalue weighted by Gasteiger charge is 2.14. The average molecular weight is 234 g/mol. The van der Waals surface area contributed by atoms with Gasteiger partial charge in [0.1, 0.15) is 5.82 Å². The third-order valence-corrected chi connectivity index (χ3v) is 3.40. The first kappa shape index (κ1) is 11.8. The Morgan fingerprint density at radius 3 is 2.57 bits per heavy atom. The lowest BCUT2D eigenvalue weighted by Gasteiger charge is -2.23. The minimum absolute atomic E-state index is 0. The fourth-order valence-corrected chi connectivity index (χ4v) is 2.55. The van der Waals surface area contributed by atoms with Crippen molar-refractivity contribution in [3.8, 4) is 0 Å². The molecule has 0 aliphatic carbocycles. The van der Waals surface area contributed by atoms with Crippen molar-refractivity contribution >= 4 is 24.2 Å². The minimum Gasteiger partial charge on any atom is -0.302 e. The molecule has 4 heteroatoms. The quantitative estimate of drug-likeness (QED) is 0.801. The van der Waals surface area contributed by atoms with E-state index in [1.54, 1.807) is 0 Å². The number of rotatable bonds is 1. The van der Waals surface area contributed by atoms with Crippen LogP contribution in [0.25, 0.3) is 0 Å². The molecule has 1 N–H and O–H groups in total. The number of thioether (sulfide) groups is 1. The molecular formula is C10H13ClFNS. The van der Waals surface area contributed by atoms with E-state index in [1.165, 1.54) is 29.9 Å². The van der Waals surface area contributed by atoms with E-state index < -0.39 is 0 Å². The molecular weight excluding hydrogens is 221 g/mol. The fraction of sp³-hybridized carbons (Fsp3) is 0.400. The number of halogens is 2. The Labute approximate surface area is 93.9 Å². The second kappa shape index (κ2) is 5.59. The molecule has 0 bridgehead atoms. The van der Waals surface area contributed by atoms with Crippen molar-refractivity contribution in [1.29, 1.82) is 0 Å². The predicted molar refractivity (Wildman–Crippen MR) is 61.5 cm³/mol. The van der Waals surface area contributed by atoms with Crippen LogP contribution in [0.3, 0.4) is 0 Å². The Morgan fingerprint density at radius 2 is 2.00 bits per heavy atom. The van der Waals surface area contributed by atoms with Crippen LogP contribution in [0, 0.1) is 5.82 Å². The molecule has 1 aliphatic heterocycles. The van der Waals surface area contributed by atoms with Crippen molar-refractivity contribution in [1.82, 2.24) is 5.32 Å². The van der Waals surface area contributed by atoms with Crippen molar-refractivity contribution in [2.45, 2.75) is 11.8 Å². The summed E-state index contributed by atoms with van der Waals surface area (Å²) in [6, 6.07) is 6.75. The summed E-state index contributed by atoms with van der Waals surface area (Å²) < 4.78 is 12.6. The zero-order valence-corrected chi connectivity index (χ0v) is 9.34. The summed E-state index contributed by atoms with van der Waals surface area (Å²) in [5.41, 5.74) is 1.17. The lowest BCUT2D eigenvalue weighted by atomic mass is 10.2. The summed E-state index contributed by atoms with van der Waals surface area (Å²) in [6.07, 6.45) is 1.22. The van der Waals surface area contributed by atoms with Crippen molar-refractivity contribution < 1.29 is 4.39 Å². The number of benzene rings is 1. The molecule has 1 aromatic carbocycles. The lowest BCUT2D eigenvalue weighted by Crippen LogP contribution is -2.25. The van der Waals surface area contributed by atoms with Gasteiger partial charge in [0.25, 0.3) is 0 Å². The number of hydrogen-bond acceptors (Lipinski definition) is 2. The van der Waals surface area contributed by atoms with Crippen molar-refractivity contribution in [3.63, 3.8) is 0 Å². The van der Waals surface area contributed by atoms with Gasteiger partial charge in [0, 0.05) is 0 Å². The maximum Gasteiger partial charge on any atom is 0.123 e. The Bertz CT molecular complexity index is 272. The molecule has 0 saturated carbocycles. The van der Waals surface area contributed by atoms with Gasteiger partial charge in [-0.2, -0.15) is 0 Å². The van der Waals surface area contributed by atoms with Crippen LogP contribution in [-0.4, -0.2) is 12.3 Å². The van der Waals surface area contributed by atoms with Crippen LogP contribution >= 0.6 is 24.2 Å². The summed E-state index contributed by atoms with van der Waals surface area (Å²) in [5, 5.41) is 3.75. The van der Waals surface area contributed by atoms with Crippen LogP contribution in [0.15, 0.2) is 24.3 Å². The standard InChI is InChI=1S/C10H12FNS.ClH/c11-9-4-2-8(3-5-9)10-12-6-1-7-13-10;/h2-5,10,12H,1,6-7H2;1H. The van der Waals surface area contributed by atoms with Gasteiger partial charge in [-0.15, -0.1) is 24.2 Å². The Morgan fingerprint density at radius 1 is 1.29 bits per heavy atom. The predicted octanol–water partition coefficient (Wildman–Crippen LogP) is 2.97. The zero-order valence-electron chi connectivity index (χ0n) is 7.70. The summed E-state index contributed by atoms with van der Waals surface area (Å²) in [5.74, 6) is 1.03. The summed E-state index contributed by atoms with van der Waals surface area (Å²) in [7, 11) is 0. The minimum atomic E-state index is -0.162. The van der Waals surface area contributed by atoms with Gasteiger partial charge in [-0.05, 0) is 36.4 Å². The van der Waals surface area contributed by atoms with Gasteiger partial charge in [-0.1, -0.05) is 12.1 Å². The molecule has 14 heavy (non-hydrogen) atoms. The van der Waals surface area contributed by atoms with E-state index in [2.05, 4.69) is 5.32 Å². The van der Waals surface area contributed by atoms with Gasteiger partial charge >= 0.3 is 0 Å². The third-order valence-electron chi connectivity index (χ3n) is 2.11. The van der Waals surface area contributed by atoms with Gasteiger partial charge in [0.05, 0.1) is 5.37 Å². The highest BCUT2D eigenvalue weighted by Crippen LogP contribution is 2.29. The molecule has 2 rings (SSSR count). The topological polar surface area (TPSA) is 12.0 Å². The van der Waals surface area contributed by atoms with Crippen LogP contribution < -0.4 is 5.32 Å². The first-order valence-corrected chi connectivity index (χ1v) is 5.51. The van der Waals surface area contributed by atoms with Crippen LogP contribution in [0.4, 0.5) is 4.39 Å². The second-order valence-electron chi connectivity index (χ2n) is 3.11. The van der Waals surface area contributed by atoms with E-state index in [9.17, 15) is 4.39 Å². The molecule has 1 saturated heterocycles. The zero-order chi connectivity index (χ0) is 9.10. The molecule has 0 radical (unpaired) electrons. The Balaban J connectivity index is 0.000000980. The van der Waals surface area contributed by atoms with Crippen LogP contribution in [0.2, 0.25) is 0 Å². The smallest absolute Gasteiger partial charge is 0.123 e. The largest absolute Gasteiger partial charge is 0.302 e. The Kier molecular flexibility index (Phi) is 4.72. The molecule has 0 amide bonds. The number of nitrogens with one attached hydrogen (secondary N) is 1. The van der Waals surface area contributed by atoms with E-state index in [-0.39, 0.29) is 18.2 Å². The van der Waals surface area contributed by atoms with E-state index in [0.29, 0.717) is 5.37 Å². The molecule has 1 aromatic rings. The monoisotopic (exact) mass is 233 g/mol. The van der Waals surface area contributed by atoms with E-state index in [4.69, 9.17) is 0 Å². The molecule has 1 unspecified atom stereocenters. The molecule has 1 atom stereocenters. The first-order chi connectivity index (χ1) is 6.36. The van der Waals surface area contributed by atoms with E-state index >= 15 is 0 Å². The van der Waals surface area contributed by atoms with E-state index in [0.717, 1.165) is 6.54 Å². The Hall–Kier alpha value is -0.250. The van der Waals surface area contributed by atoms with Crippen molar-refractivity contribution in [2.75, 3.05) is 12.3 Å².